The molecule has 0 bridgehead atoms. The van der Waals surface area contributed by atoms with Crippen LogP contribution < -0.4 is 5.32 Å². The van der Waals surface area contributed by atoms with Gasteiger partial charge in [0, 0.05) is 18.3 Å². The molecular formula is C21H19N3O3S. The Balaban J connectivity index is 1.68. The average molecular weight is 393 g/mol. The molecule has 0 aliphatic carbocycles. The van der Waals surface area contributed by atoms with E-state index in [-0.39, 0.29) is 17.6 Å². The average Bonchev–Trinajstić information content (AvgIpc) is 3.33. The number of nitrogens with zero attached hydrogens (tertiary/aromatic N) is 2. The number of carboxylic acids is 1. The fourth-order valence-electron chi connectivity index (χ4n) is 3.50. The van der Waals surface area contributed by atoms with Gasteiger partial charge in [-0.15, -0.1) is 0 Å². The van der Waals surface area contributed by atoms with Crippen LogP contribution in [0.3, 0.4) is 0 Å². The minimum atomic E-state index is -0.950. The highest BCUT2D eigenvalue weighted by atomic mass is 32.1. The molecule has 7 heteroatoms. The van der Waals surface area contributed by atoms with Crippen LogP contribution >= 0.6 is 12.2 Å². The fraction of sp³-hybridized carbons (Fsp3) is 0.190. The van der Waals surface area contributed by atoms with E-state index in [9.17, 15) is 4.79 Å². The van der Waals surface area contributed by atoms with Crippen molar-refractivity contribution in [3.05, 3.63) is 77.8 Å². The van der Waals surface area contributed by atoms with Crippen molar-refractivity contribution >= 4 is 23.3 Å². The zero-order chi connectivity index (χ0) is 19.7. The van der Waals surface area contributed by atoms with Crippen molar-refractivity contribution in [3.8, 4) is 11.3 Å². The number of pyridine rings is 1. The molecule has 0 radical (unpaired) electrons. The maximum absolute atomic E-state index is 11.0. The first-order valence-corrected chi connectivity index (χ1v) is 9.41. The van der Waals surface area contributed by atoms with Crippen molar-refractivity contribution in [2.24, 2.45) is 0 Å². The summed E-state index contributed by atoms with van der Waals surface area (Å²) in [5.41, 5.74) is 1.96. The molecule has 1 aromatic carbocycles. The molecule has 1 fully saturated rings. The molecule has 0 unspecified atom stereocenters. The molecule has 142 valence electrons. The lowest BCUT2D eigenvalue weighted by Gasteiger charge is -2.24. The van der Waals surface area contributed by atoms with E-state index in [1.165, 1.54) is 0 Å². The van der Waals surface area contributed by atoms with Gasteiger partial charge in [-0.05, 0) is 55.5 Å². The molecule has 1 aliphatic heterocycles. The third kappa shape index (κ3) is 3.25. The highest BCUT2D eigenvalue weighted by Crippen LogP contribution is 2.40. The third-order valence-corrected chi connectivity index (χ3v) is 5.23. The van der Waals surface area contributed by atoms with E-state index >= 15 is 0 Å². The normalized spacial score (nSPS) is 18.9. The second-order valence-electron chi connectivity index (χ2n) is 6.50. The predicted molar refractivity (Wildman–Crippen MR) is 109 cm³/mol. The van der Waals surface area contributed by atoms with Gasteiger partial charge in [-0.3, -0.25) is 4.98 Å². The van der Waals surface area contributed by atoms with Crippen LogP contribution in [0.5, 0.6) is 0 Å². The number of hydrogen-bond donors (Lipinski definition) is 2. The molecule has 3 aromatic rings. The monoisotopic (exact) mass is 393 g/mol. The molecule has 2 N–H and O–H groups in total. The lowest BCUT2D eigenvalue weighted by atomic mass is 10.0. The van der Waals surface area contributed by atoms with Crippen LogP contribution in [0.4, 0.5) is 0 Å². The third-order valence-electron chi connectivity index (χ3n) is 4.87. The molecule has 0 spiro atoms. The number of nitrogens with one attached hydrogen (secondary N) is 1. The second-order valence-corrected chi connectivity index (χ2v) is 6.88. The summed E-state index contributed by atoms with van der Waals surface area (Å²) in [6.45, 7) is 2.79. The number of aromatic carboxylic acids is 1. The summed E-state index contributed by atoms with van der Waals surface area (Å²) in [5, 5.41) is 13.1. The van der Waals surface area contributed by atoms with E-state index in [1.54, 1.807) is 30.5 Å². The van der Waals surface area contributed by atoms with Crippen LogP contribution in [0.25, 0.3) is 11.3 Å². The standard InChI is InChI=1S/C21H19N3O3S/c1-2-24-19(18(23-21(24)28)15-5-3-4-12-22-15)17-11-10-16(27-17)13-6-8-14(9-7-13)20(25)26/h3-12,18-19H,2H2,1H3,(H,23,28)(H,25,26)/t18-,19-/m1/s1. The van der Waals surface area contributed by atoms with Crippen molar-refractivity contribution in [2.75, 3.05) is 6.54 Å². The smallest absolute Gasteiger partial charge is 0.335 e. The van der Waals surface area contributed by atoms with Gasteiger partial charge in [-0.2, -0.15) is 0 Å². The number of hydrogen-bond acceptors (Lipinski definition) is 4. The molecule has 2 aromatic heterocycles. The highest BCUT2D eigenvalue weighted by molar-refractivity contribution is 7.80. The zero-order valence-corrected chi connectivity index (χ0v) is 16.0. The number of rotatable bonds is 5. The van der Waals surface area contributed by atoms with Gasteiger partial charge in [-0.1, -0.05) is 18.2 Å². The molecular weight excluding hydrogens is 374 g/mol. The number of carbonyl (C=O) groups is 1. The first-order valence-electron chi connectivity index (χ1n) is 9.00. The van der Waals surface area contributed by atoms with Crippen molar-refractivity contribution in [1.29, 1.82) is 0 Å². The molecule has 0 saturated carbocycles. The lowest BCUT2D eigenvalue weighted by molar-refractivity contribution is 0.0697. The molecule has 2 atom stereocenters. The van der Waals surface area contributed by atoms with Crippen LogP contribution in [0.15, 0.2) is 65.2 Å². The number of furan rings is 1. The molecule has 1 aliphatic rings. The van der Waals surface area contributed by atoms with Gasteiger partial charge in [0.25, 0.3) is 0 Å². The quantitative estimate of drug-likeness (QED) is 0.634. The Morgan fingerprint density at radius 1 is 1.21 bits per heavy atom. The van der Waals surface area contributed by atoms with Crippen molar-refractivity contribution in [2.45, 2.75) is 19.0 Å². The summed E-state index contributed by atoms with van der Waals surface area (Å²) in [6.07, 6.45) is 1.77. The van der Waals surface area contributed by atoms with Crippen LogP contribution in [0, 0.1) is 0 Å². The number of likely N-dealkylation sites (N-methyl/N-ethyl adjacent to an activating group) is 1. The summed E-state index contributed by atoms with van der Waals surface area (Å²) in [7, 11) is 0. The minimum absolute atomic E-state index is 0.109. The zero-order valence-electron chi connectivity index (χ0n) is 15.2. The molecule has 3 heterocycles. The van der Waals surface area contributed by atoms with E-state index in [2.05, 4.69) is 22.1 Å². The summed E-state index contributed by atoms with van der Waals surface area (Å²) < 4.78 is 6.17. The maximum Gasteiger partial charge on any atom is 0.335 e. The van der Waals surface area contributed by atoms with Gasteiger partial charge in [-0.25, -0.2) is 4.79 Å². The van der Waals surface area contributed by atoms with Gasteiger partial charge in [0.15, 0.2) is 5.11 Å². The van der Waals surface area contributed by atoms with E-state index < -0.39 is 5.97 Å². The minimum Gasteiger partial charge on any atom is -0.478 e. The first kappa shape index (κ1) is 18.2. The highest BCUT2D eigenvalue weighted by Gasteiger charge is 2.40. The van der Waals surface area contributed by atoms with Gasteiger partial charge in [0.1, 0.15) is 17.6 Å². The van der Waals surface area contributed by atoms with Crippen molar-refractivity contribution in [1.82, 2.24) is 15.2 Å². The van der Waals surface area contributed by atoms with Crippen molar-refractivity contribution < 1.29 is 14.3 Å². The molecule has 28 heavy (non-hydrogen) atoms. The van der Waals surface area contributed by atoms with Gasteiger partial charge >= 0.3 is 5.97 Å². The Kier molecular flexibility index (Phi) is 4.83. The number of benzene rings is 1. The molecule has 1 saturated heterocycles. The Bertz CT molecular complexity index is 1000. The van der Waals surface area contributed by atoms with E-state index in [0.29, 0.717) is 10.9 Å². The largest absolute Gasteiger partial charge is 0.478 e. The molecule has 4 rings (SSSR count). The molecule has 0 amide bonds. The molecule has 6 nitrogen and oxygen atoms in total. The summed E-state index contributed by atoms with van der Waals surface area (Å²) in [6, 6.07) is 16.1. The van der Waals surface area contributed by atoms with Crippen LogP contribution in [0.1, 0.15) is 40.8 Å². The number of aromatic nitrogens is 1. The van der Waals surface area contributed by atoms with Crippen LogP contribution in [-0.2, 0) is 0 Å². The summed E-state index contributed by atoms with van der Waals surface area (Å²) >= 11 is 5.52. The topological polar surface area (TPSA) is 78.6 Å². The lowest BCUT2D eigenvalue weighted by Crippen LogP contribution is -2.29. The Morgan fingerprint density at radius 2 is 2.00 bits per heavy atom. The van der Waals surface area contributed by atoms with E-state index in [0.717, 1.165) is 23.6 Å². The maximum atomic E-state index is 11.0. The first-order chi connectivity index (χ1) is 13.6. The van der Waals surface area contributed by atoms with E-state index in [1.807, 2.05) is 30.3 Å². The number of carboxylic acid groups (broad SMARTS) is 1. The summed E-state index contributed by atoms with van der Waals surface area (Å²) in [5.74, 6) is 0.511. The Hall–Kier alpha value is -3.19. The van der Waals surface area contributed by atoms with Crippen LogP contribution in [0.2, 0.25) is 0 Å². The van der Waals surface area contributed by atoms with Crippen molar-refractivity contribution in [3.63, 3.8) is 0 Å². The van der Waals surface area contributed by atoms with Crippen LogP contribution in [-0.4, -0.2) is 32.6 Å². The predicted octanol–water partition coefficient (Wildman–Crippen LogP) is 4.03. The SMILES string of the molecule is CCN1C(=S)N[C@H](c2ccccn2)[C@H]1c1ccc(-c2ccc(C(=O)O)cc2)o1. The summed E-state index contributed by atoms with van der Waals surface area (Å²) in [4.78, 5) is 17.6. The van der Waals surface area contributed by atoms with Gasteiger partial charge in [0.2, 0.25) is 0 Å². The van der Waals surface area contributed by atoms with E-state index in [4.69, 9.17) is 21.7 Å². The van der Waals surface area contributed by atoms with Gasteiger partial charge in [0.05, 0.1) is 17.3 Å². The Morgan fingerprint density at radius 3 is 2.64 bits per heavy atom. The Labute approximate surface area is 167 Å². The fourth-order valence-corrected chi connectivity index (χ4v) is 3.87. The second kappa shape index (κ2) is 7.44. The van der Waals surface area contributed by atoms with Gasteiger partial charge < -0.3 is 19.7 Å². The number of thiocarbonyl (C=S) groups is 1.